The van der Waals surface area contributed by atoms with Crippen LogP contribution in [-0.4, -0.2) is 57.6 Å². The quantitative estimate of drug-likeness (QED) is 0.547. The first-order chi connectivity index (χ1) is 15.3. The van der Waals surface area contributed by atoms with Crippen molar-refractivity contribution in [3.63, 3.8) is 0 Å². The molecule has 3 aromatic rings. The summed E-state index contributed by atoms with van der Waals surface area (Å²) in [7, 11) is 1.28. The molecule has 0 spiro atoms. The molecule has 0 aliphatic carbocycles. The zero-order chi connectivity index (χ0) is 22.9. The van der Waals surface area contributed by atoms with Gasteiger partial charge in [0.1, 0.15) is 10.6 Å². The molecule has 4 heterocycles. The highest BCUT2D eigenvalue weighted by Crippen LogP contribution is 2.35. The molecule has 14 heteroatoms. The maximum absolute atomic E-state index is 13.1. The zero-order valence-corrected chi connectivity index (χ0v) is 18.1. The third-order valence-electron chi connectivity index (χ3n) is 4.79. The van der Waals surface area contributed by atoms with E-state index in [1.54, 1.807) is 0 Å². The average Bonchev–Trinajstić information content (AvgIpc) is 3.34. The SMILES string of the molecule is COC(=O)NCCCOc1nc(N2CCn3c(nnc3C(F)(F)F)C2)c2cc(C)sc2n1. The summed E-state index contributed by atoms with van der Waals surface area (Å²) >= 11 is 1.47. The molecule has 1 aliphatic heterocycles. The Balaban J connectivity index is 1.53. The van der Waals surface area contributed by atoms with Gasteiger partial charge in [-0.15, -0.1) is 21.5 Å². The molecular weight excluding hydrogens is 451 g/mol. The zero-order valence-electron chi connectivity index (χ0n) is 17.3. The van der Waals surface area contributed by atoms with Crippen molar-refractivity contribution in [2.75, 3.05) is 31.7 Å². The number of halogens is 3. The lowest BCUT2D eigenvalue weighted by atomic mass is 10.3. The van der Waals surface area contributed by atoms with E-state index in [1.165, 1.54) is 18.4 Å². The fourth-order valence-corrected chi connectivity index (χ4v) is 4.23. The van der Waals surface area contributed by atoms with Gasteiger partial charge in [-0.1, -0.05) is 0 Å². The van der Waals surface area contributed by atoms with Crippen LogP contribution in [0, 0.1) is 6.92 Å². The number of fused-ring (bicyclic) bond motifs is 2. The molecule has 0 unspecified atom stereocenters. The number of carbonyl (C=O) groups excluding carboxylic acids is 1. The smallest absolute Gasteiger partial charge is 0.451 e. The molecule has 3 aromatic heterocycles. The van der Waals surface area contributed by atoms with Crippen molar-refractivity contribution in [2.45, 2.75) is 32.6 Å². The molecular formula is C18H20F3N7O3S. The van der Waals surface area contributed by atoms with Crippen LogP contribution in [-0.2, 0) is 24.0 Å². The van der Waals surface area contributed by atoms with Crippen LogP contribution in [0.5, 0.6) is 6.01 Å². The minimum atomic E-state index is -4.55. The number of alkyl halides is 3. The van der Waals surface area contributed by atoms with E-state index in [0.29, 0.717) is 25.3 Å². The van der Waals surface area contributed by atoms with E-state index in [1.807, 2.05) is 17.9 Å². The first-order valence-corrected chi connectivity index (χ1v) is 10.5. The minimum Gasteiger partial charge on any atom is -0.463 e. The lowest BCUT2D eigenvalue weighted by Crippen LogP contribution is -2.36. The largest absolute Gasteiger partial charge is 0.463 e. The predicted octanol–water partition coefficient (Wildman–Crippen LogP) is 2.76. The van der Waals surface area contributed by atoms with Gasteiger partial charge in [-0.25, -0.2) is 4.79 Å². The van der Waals surface area contributed by atoms with E-state index >= 15 is 0 Å². The summed E-state index contributed by atoms with van der Waals surface area (Å²) in [4.78, 5) is 23.6. The van der Waals surface area contributed by atoms with Gasteiger partial charge in [-0.3, -0.25) is 0 Å². The fourth-order valence-electron chi connectivity index (χ4n) is 3.36. The fraction of sp³-hybridized carbons (Fsp3) is 0.500. The number of aromatic nitrogens is 5. The van der Waals surface area contributed by atoms with E-state index in [4.69, 9.17) is 4.74 Å². The van der Waals surface area contributed by atoms with Crippen molar-refractivity contribution < 1.29 is 27.4 Å². The third kappa shape index (κ3) is 4.54. The number of nitrogens with one attached hydrogen (secondary N) is 1. The molecule has 1 amide bonds. The molecule has 0 saturated heterocycles. The highest BCUT2D eigenvalue weighted by Gasteiger charge is 2.39. The number of thiophene rings is 1. The Morgan fingerprint density at radius 2 is 2.09 bits per heavy atom. The van der Waals surface area contributed by atoms with Crippen molar-refractivity contribution in [1.82, 2.24) is 30.0 Å². The number of methoxy groups -OCH3 is 1. The molecule has 0 atom stereocenters. The number of alkyl carbamates (subject to hydrolysis) is 1. The Kier molecular flexibility index (Phi) is 6.04. The monoisotopic (exact) mass is 471 g/mol. The van der Waals surface area contributed by atoms with E-state index in [-0.39, 0.29) is 31.5 Å². The van der Waals surface area contributed by atoms with E-state index < -0.39 is 18.1 Å². The minimum absolute atomic E-state index is 0.0845. The average molecular weight is 471 g/mol. The van der Waals surface area contributed by atoms with Crippen LogP contribution in [0.15, 0.2) is 6.07 Å². The summed E-state index contributed by atoms with van der Waals surface area (Å²) in [6.45, 7) is 3.09. The number of hydrogen-bond acceptors (Lipinski definition) is 9. The van der Waals surface area contributed by atoms with Crippen molar-refractivity contribution in [3.05, 3.63) is 22.6 Å². The van der Waals surface area contributed by atoms with E-state index in [2.05, 4.69) is 30.2 Å². The van der Waals surface area contributed by atoms with Gasteiger partial charge in [-0.05, 0) is 19.4 Å². The van der Waals surface area contributed by atoms with Crippen molar-refractivity contribution >= 4 is 33.5 Å². The van der Waals surface area contributed by atoms with Crippen LogP contribution >= 0.6 is 11.3 Å². The maximum Gasteiger partial charge on any atom is 0.451 e. The Morgan fingerprint density at radius 1 is 1.28 bits per heavy atom. The van der Waals surface area contributed by atoms with Gasteiger partial charge in [0.15, 0.2) is 5.82 Å². The number of hydrogen-bond donors (Lipinski definition) is 1. The normalized spacial score (nSPS) is 13.8. The topological polar surface area (TPSA) is 107 Å². The summed E-state index contributed by atoms with van der Waals surface area (Å²) in [5, 5.41) is 10.4. The van der Waals surface area contributed by atoms with Gasteiger partial charge < -0.3 is 24.3 Å². The molecule has 0 bridgehead atoms. The van der Waals surface area contributed by atoms with Gasteiger partial charge in [0, 0.05) is 24.5 Å². The number of ether oxygens (including phenoxy) is 2. The predicted molar refractivity (Wildman–Crippen MR) is 109 cm³/mol. The standard InChI is InChI=1S/C18H20F3N7O3S/c1-10-8-11-13(27-5-6-28-12(9-27)25-26-15(28)18(19,20)21)23-16(24-14(11)32-10)31-7-3-4-22-17(29)30-2/h8H,3-7,9H2,1-2H3,(H,22,29). The number of carbonyl (C=O) groups is 1. The van der Waals surface area contributed by atoms with Crippen molar-refractivity contribution in [2.24, 2.45) is 0 Å². The van der Waals surface area contributed by atoms with E-state index in [0.717, 1.165) is 19.7 Å². The highest BCUT2D eigenvalue weighted by molar-refractivity contribution is 7.18. The van der Waals surface area contributed by atoms with Crippen LogP contribution in [0.2, 0.25) is 0 Å². The van der Waals surface area contributed by atoms with Gasteiger partial charge >= 0.3 is 18.3 Å². The first kappa shape index (κ1) is 22.0. The molecule has 0 aromatic carbocycles. The summed E-state index contributed by atoms with van der Waals surface area (Å²) < 4.78 is 50.7. The van der Waals surface area contributed by atoms with Crippen molar-refractivity contribution in [1.29, 1.82) is 0 Å². The first-order valence-electron chi connectivity index (χ1n) is 9.73. The van der Waals surface area contributed by atoms with Gasteiger partial charge in [-0.2, -0.15) is 23.1 Å². The molecule has 4 rings (SSSR count). The maximum atomic E-state index is 13.1. The highest BCUT2D eigenvalue weighted by atomic mass is 32.1. The Bertz CT molecular complexity index is 1130. The molecule has 32 heavy (non-hydrogen) atoms. The van der Waals surface area contributed by atoms with Gasteiger partial charge in [0.05, 0.1) is 25.6 Å². The number of amides is 1. The lowest BCUT2D eigenvalue weighted by Gasteiger charge is -2.29. The second kappa shape index (κ2) is 8.76. The molecule has 0 fully saturated rings. The molecule has 0 saturated carbocycles. The van der Waals surface area contributed by atoms with Crippen LogP contribution in [0.25, 0.3) is 10.2 Å². The van der Waals surface area contributed by atoms with Crippen molar-refractivity contribution in [3.8, 4) is 6.01 Å². The second-order valence-electron chi connectivity index (χ2n) is 7.04. The van der Waals surface area contributed by atoms with E-state index in [9.17, 15) is 18.0 Å². The summed E-state index contributed by atoms with van der Waals surface area (Å²) in [5.41, 5.74) is 0. The summed E-state index contributed by atoms with van der Waals surface area (Å²) in [5.74, 6) is -0.195. The summed E-state index contributed by atoms with van der Waals surface area (Å²) in [6, 6.07) is 2.11. The Morgan fingerprint density at radius 3 is 2.84 bits per heavy atom. The molecule has 1 N–H and O–H groups in total. The van der Waals surface area contributed by atoms with Crippen LogP contribution in [0.1, 0.15) is 22.9 Å². The number of rotatable bonds is 6. The number of nitrogens with zero attached hydrogens (tertiary/aromatic N) is 6. The van der Waals surface area contributed by atoms with Gasteiger partial charge in [0.2, 0.25) is 5.82 Å². The van der Waals surface area contributed by atoms with Crippen LogP contribution in [0.3, 0.4) is 0 Å². The third-order valence-corrected chi connectivity index (χ3v) is 5.73. The van der Waals surface area contributed by atoms with Gasteiger partial charge in [0.25, 0.3) is 0 Å². The lowest BCUT2D eigenvalue weighted by molar-refractivity contribution is -0.147. The van der Waals surface area contributed by atoms with Crippen LogP contribution in [0.4, 0.5) is 23.8 Å². The Labute approximate surface area is 184 Å². The second-order valence-corrected chi connectivity index (χ2v) is 8.27. The Hall–Kier alpha value is -3.16. The molecule has 1 aliphatic rings. The number of aryl methyl sites for hydroxylation is 1. The molecule has 0 radical (unpaired) electrons. The summed E-state index contributed by atoms with van der Waals surface area (Å²) in [6.07, 6.45) is -4.56. The number of anilines is 1. The molecule has 10 nitrogen and oxygen atoms in total. The van der Waals surface area contributed by atoms with Crippen LogP contribution < -0.4 is 15.0 Å². The molecule has 172 valence electrons.